The van der Waals surface area contributed by atoms with E-state index >= 15 is 4.39 Å². The number of aromatic nitrogens is 1. The standard InChI is InChI=1S/C22H25FN4O7/c1-22(2,3)34-21(32)19(29)26-7-5-25(6-8-26)16-14(23)9-12-15-18(16)33-11-24(4)27(15)10-13(17(12)28)20(30)31/h9-10H,5-8,11H2,1-4H3,(H,30,31). The number of aromatic carboxylic acids is 1. The molecule has 1 aromatic heterocycles. The van der Waals surface area contributed by atoms with Crippen molar-refractivity contribution in [1.82, 2.24) is 9.58 Å². The fraction of sp³-hybridized carbons (Fsp3) is 0.455. The molecule has 1 saturated heterocycles. The Morgan fingerprint density at radius 2 is 1.79 bits per heavy atom. The summed E-state index contributed by atoms with van der Waals surface area (Å²) in [6, 6.07) is 1.01. The quantitative estimate of drug-likeness (QED) is 0.494. The second-order valence-electron chi connectivity index (χ2n) is 9.17. The van der Waals surface area contributed by atoms with Gasteiger partial charge in [0.2, 0.25) is 5.43 Å². The van der Waals surface area contributed by atoms with Crippen molar-refractivity contribution in [2.75, 3.05) is 49.9 Å². The summed E-state index contributed by atoms with van der Waals surface area (Å²) in [6.07, 6.45) is 1.19. The lowest BCUT2D eigenvalue weighted by atomic mass is 10.1. The highest BCUT2D eigenvalue weighted by Crippen LogP contribution is 2.40. The summed E-state index contributed by atoms with van der Waals surface area (Å²) in [7, 11) is 1.64. The number of benzene rings is 1. The van der Waals surface area contributed by atoms with Gasteiger partial charge in [-0.25, -0.2) is 14.0 Å². The predicted octanol–water partition coefficient (Wildman–Crippen LogP) is 0.747. The van der Waals surface area contributed by atoms with Gasteiger partial charge in [-0.05, 0) is 26.8 Å². The summed E-state index contributed by atoms with van der Waals surface area (Å²) in [4.78, 5) is 51.8. The number of carbonyl (C=O) groups is 3. The van der Waals surface area contributed by atoms with E-state index in [0.717, 1.165) is 6.07 Å². The van der Waals surface area contributed by atoms with E-state index < -0.39 is 40.3 Å². The summed E-state index contributed by atoms with van der Waals surface area (Å²) >= 11 is 0. The number of rotatable bonds is 2. The maximum atomic E-state index is 15.3. The SMILES string of the molecule is CN1COc2c(N3CCN(C(=O)C(=O)OC(C)(C)C)CC3)c(F)cc3c(=O)c(C(=O)O)cn1c23. The first-order valence-corrected chi connectivity index (χ1v) is 10.7. The molecule has 3 heterocycles. The van der Waals surface area contributed by atoms with Crippen LogP contribution in [0.1, 0.15) is 31.1 Å². The van der Waals surface area contributed by atoms with E-state index in [1.54, 1.807) is 37.7 Å². The number of amides is 1. The van der Waals surface area contributed by atoms with Crippen molar-refractivity contribution in [1.29, 1.82) is 0 Å². The van der Waals surface area contributed by atoms with E-state index in [-0.39, 0.29) is 55.2 Å². The average molecular weight is 476 g/mol. The van der Waals surface area contributed by atoms with Gasteiger partial charge in [0.15, 0.2) is 18.3 Å². The van der Waals surface area contributed by atoms with E-state index in [0.29, 0.717) is 0 Å². The molecule has 4 rings (SSSR count). The van der Waals surface area contributed by atoms with Gasteiger partial charge in [0.05, 0.1) is 5.39 Å². The molecule has 0 spiro atoms. The Kier molecular flexibility index (Phi) is 5.62. The molecule has 12 heteroatoms. The molecular formula is C22H25FN4O7. The molecule has 0 aliphatic carbocycles. The van der Waals surface area contributed by atoms with Crippen molar-refractivity contribution in [3.63, 3.8) is 0 Å². The smallest absolute Gasteiger partial charge is 0.397 e. The van der Waals surface area contributed by atoms with Crippen LogP contribution in [0.3, 0.4) is 0 Å². The molecule has 0 unspecified atom stereocenters. The van der Waals surface area contributed by atoms with E-state index in [9.17, 15) is 24.3 Å². The highest BCUT2D eigenvalue weighted by atomic mass is 19.1. The Labute approximate surface area is 193 Å². The molecule has 2 aromatic rings. The molecule has 0 radical (unpaired) electrons. The molecular weight excluding hydrogens is 451 g/mol. The fourth-order valence-corrected chi connectivity index (χ4v) is 4.05. The van der Waals surface area contributed by atoms with Gasteiger partial charge >= 0.3 is 17.8 Å². The Balaban J connectivity index is 1.67. The molecule has 0 atom stereocenters. The summed E-state index contributed by atoms with van der Waals surface area (Å²) in [5.74, 6) is -3.74. The number of piperazine rings is 1. The number of anilines is 1. The summed E-state index contributed by atoms with van der Waals surface area (Å²) in [6.45, 7) is 5.72. The van der Waals surface area contributed by atoms with Crippen LogP contribution in [-0.4, -0.2) is 78.1 Å². The van der Waals surface area contributed by atoms with Crippen LogP contribution in [0.4, 0.5) is 10.1 Å². The van der Waals surface area contributed by atoms with Gasteiger partial charge < -0.3 is 24.4 Å². The van der Waals surface area contributed by atoms with E-state index in [4.69, 9.17) is 9.47 Å². The molecule has 2 aliphatic heterocycles. The third kappa shape index (κ3) is 3.99. The number of ether oxygens (including phenoxy) is 2. The zero-order valence-electron chi connectivity index (χ0n) is 19.3. The van der Waals surface area contributed by atoms with E-state index in [2.05, 4.69) is 0 Å². The van der Waals surface area contributed by atoms with Crippen LogP contribution < -0.4 is 20.1 Å². The van der Waals surface area contributed by atoms with Crippen LogP contribution in [0.15, 0.2) is 17.1 Å². The Hall–Kier alpha value is -3.83. The molecule has 34 heavy (non-hydrogen) atoms. The second kappa shape index (κ2) is 8.19. The highest BCUT2D eigenvalue weighted by Gasteiger charge is 2.34. The third-order valence-corrected chi connectivity index (χ3v) is 5.60. The van der Waals surface area contributed by atoms with Gasteiger partial charge in [0.1, 0.15) is 22.4 Å². The molecule has 11 nitrogen and oxygen atoms in total. The lowest BCUT2D eigenvalue weighted by Crippen LogP contribution is -2.52. The molecule has 2 aliphatic rings. The minimum Gasteiger partial charge on any atom is -0.477 e. The lowest BCUT2D eigenvalue weighted by molar-refractivity contribution is -0.168. The largest absolute Gasteiger partial charge is 0.477 e. The van der Waals surface area contributed by atoms with Crippen molar-refractivity contribution in [2.24, 2.45) is 0 Å². The van der Waals surface area contributed by atoms with Crippen LogP contribution in [0.2, 0.25) is 0 Å². The summed E-state index contributed by atoms with van der Waals surface area (Å²) < 4.78 is 27.7. The Morgan fingerprint density at radius 3 is 2.38 bits per heavy atom. The van der Waals surface area contributed by atoms with Crippen molar-refractivity contribution in [3.8, 4) is 5.75 Å². The number of hydrogen-bond acceptors (Lipinski definition) is 8. The molecule has 0 saturated carbocycles. The minimum atomic E-state index is -1.41. The fourth-order valence-electron chi connectivity index (χ4n) is 4.05. The van der Waals surface area contributed by atoms with Crippen LogP contribution >= 0.6 is 0 Å². The number of pyridine rings is 1. The first-order chi connectivity index (χ1) is 15.9. The Morgan fingerprint density at radius 1 is 1.15 bits per heavy atom. The maximum Gasteiger partial charge on any atom is 0.397 e. The summed E-state index contributed by atoms with van der Waals surface area (Å²) in [5, 5.41) is 10.8. The van der Waals surface area contributed by atoms with Crippen molar-refractivity contribution in [3.05, 3.63) is 33.9 Å². The zero-order valence-corrected chi connectivity index (χ0v) is 19.3. The van der Waals surface area contributed by atoms with Gasteiger partial charge in [0.25, 0.3) is 0 Å². The number of esters is 1. The van der Waals surface area contributed by atoms with Crippen molar-refractivity contribution in [2.45, 2.75) is 26.4 Å². The number of carboxylic acid groups (broad SMARTS) is 1. The van der Waals surface area contributed by atoms with Crippen LogP contribution in [0.25, 0.3) is 10.9 Å². The Bertz CT molecular complexity index is 1260. The third-order valence-electron chi connectivity index (χ3n) is 5.60. The first-order valence-electron chi connectivity index (χ1n) is 10.7. The number of hydrogen-bond donors (Lipinski definition) is 1. The van der Waals surface area contributed by atoms with E-state index in [1.807, 2.05) is 0 Å². The lowest BCUT2D eigenvalue weighted by Gasteiger charge is -2.38. The summed E-state index contributed by atoms with van der Waals surface area (Å²) in [5.41, 5.74) is -1.72. The molecule has 1 N–H and O–H groups in total. The van der Waals surface area contributed by atoms with Gasteiger partial charge in [0, 0.05) is 39.4 Å². The van der Waals surface area contributed by atoms with Crippen LogP contribution in [-0.2, 0) is 14.3 Å². The number of nitrogens with zero attached hydrogens (tertiary/aromatic N) is 4. The highest BCUT2D eigenvalue weighted by molar-refractivity contribution is 6.32. The number of carbonyl (C=O) groups excluding carboxylic acids is 2. The first kappa shape index (κ1) is 23.3. The maximum absolute atomic E-state index is 15.3. The molecule has 1 amide bonds. The number of halogens is 1. The monoisotopic (exact) mass is 476 g/mol. The molecule has 182 valence electrons. The molecule has 0 bridgehead atoms. The predicted molar refractivity (Wildman–Crippen MR) is 119 cm³/mol. The molecule has 1 fully saturated rings. The van der Waals surface area contributed by atoms with Crippen LogP contribution in [0, 0.1) is 5.82 Å². The van der Waals surface area contributed by atoms with Crippen molar-refractivity contribution < 1.29 is 33.4 Å². The topological polar surface area (TPSA) is 122 Å². The normalized spacial score (nSPS) is 15.9. The van der Waals surface area contributed by atoms with E-state index in [1.165, 1.54) is 15.8 Å². The van der Waals surface area contributed by atoms with Crippen LogP contribution in [0.5, 0.6) is 5.75 Å². The molecule has 1 aromatic carbocycles. The van der Waals surface area contributed by atoms with Crippen molar-refractivity contribution >= 4 is 34.4 Å². The zero-order chi connectivity index (χ0) is 24.9. The van der Waals surface area contributed by atoms with Gasteiger partial charge in [-0.3, -0.25) is 19.3 Å². The number of carboxylic acids is 1. The van der Waals surface area contributed by atoms with Gasteiger partial charge in [-0.2, -0.15) is 0 Å². The van der Waals surface area contributed by atoms with Gasteiger partial charge in [-0.1, -0.05) is 0 Å². The minimum absolute atomic E-state index is 0.00240. The average Bonchev–Trinajstić information content (AvgIpc) is 2.75. The second-order valence-corrected chi connectivity index (χ2v) is 9.17. The van der Waals surface area contributed by atoms with Gasteiger partial charge in [-0.15, -0.1) is 0 Å².